The first-order valence-electron chi connectivity index (χ1n) is 7.24. The van der Waals surface area contributed by atoms with Crippen molar-refractivity contribution in [1.82, 2.24) is 5.32 Å². The van der Waals surface area contributed by atoms with Gasteiger partial charge in [0, 0.05) is 6.54 Å². The first-order valence-corrected chi connectivity index (χ1v) is 7.24. The fraction of sp³-hybridized carbons (Fsp3) is 1.00. The van der Waals surface area contributed by atoms with E-state index in [4.69, 9.17) is 9.47 Å². The van der Waals surface area contributed by atoms with Crippen molar-refractivity contribution in [3.05, 3.63) is 0 Å². The van der Waals surface area contributed by atoms with Crippen molar-refractivity contribution in [2.24, 2.45) is 0 Å². The lowest BCUT2D eigenvalue weighted by molar-refractivity contribution is -0.0380. The van der Waals surface area contributed by atoms with Crippen molar-refractivity contribution in [2.45, 2.75) is 71.2 Å². The highest BCUT2D eigenvalue weighted by Crippen LogP contribution is 2.20. The molecule has 0 saturated carbocycles. The van der Waals surface area contributed by atoms with E-state index in [1.165, 1.54) is 19.3 Å². The average Bonchev–Trinajstić information content (AvgIpc) is 2.75. The minimum absolute atomic E-state index is 0.322. The molecule has 1 aliphatic heterocycles. The van der Waals surface area contributed by atoms with Gasteiger partial charge in [-0.1, -0.05) is 20.3 Å². The highest BCUT2D eigenvalue weighted by molar-refractivity contribution is 4.75. The van der Waals surface area contributed by atoms with E-state index in [0.717, 1.165) is 32.5 Å². The lowest BCUT2D eigenvalue weighted by Crippen LogP contribution is -2.28. The highest BCUT2D eigenvalue weighted by Gasteiger charge is 2.25. The lowest BCUT2D eigenvalue weighted by atomic mass is 10.2. The molecule has 0 radical (unpaired) electrons. The van der Waals surface area contributed by atoms with Crippen LogP contribution < -0.4 is 5.32 Å². The molecular formula is C14H29NO2. The van der Waals surface area contributed by atoms with Gasteiger partial charge in [-0.2, -0.15) is 0 Å². The topological polar surface area (TPSA) is 30.5 Å². The summed E-state index contributed by atoms with van der Waals surface area (Å²) in [6.45, 7) is 9.39. The van der Waals surface area contributed by atoms with Gasteiger partial charge in [-0.05, 0) is 39.2 Å². The molecule has 0 spiro atoms. The van der Waals surface area contributed by atoms with Crippen molar-refractivity contribution in [3.63, 3.8) is 0 Å². The van der Waals surface area contributed by atoms with E-state index >= 15 is 0 Å². The molecule has 1 fully saturated rings. The Morgan fingerprint density at radius 2 is 2.00 bits per heavy atom. The third kappa shape index (κ3) is 6.39. The third-order valence-electron chi connectivity index (χ3n) is 3.26. The predicted octanol–water partition coefficient (Wildman–Crippen LogP) is 2.74. The van der Waals surface area contributed by atoms with Crippen molar-refractivity contribution >= 4 is 0 Å². The van der Waals surface area contributed by atoms with Gasteiger partial charge in [0.1, 0.15) is 0 Å². The molecule has 17 heavy (non-hydrogen) atoms. The van der Waals surface area contributed by atoms with Crippen LogP contribution in [-0.2, 0) is 9.47 Å². The van der Waals surface area contributed by atoms with Crippen LogP contribution in [0.2, 0.25) is 0 Å². The molecule has 3 unspecified atom stereocenters. The first kappa shape index (κ1) is 14.9. The molecule has 0 aromatic carbocycles. The van der Waals surface area contributed by atoms with E-state index in [0.29, 0.717) is 18.3 Å². The molecule has 1 aliphatic rings. The molecule has 1 heterocycles. The van der Waals surface area contributed by atoms with E-state index in [9.17, 15) is 0 Å². The van der Waals surface area contributed by atoms with Crippen molar-refractivity contribution in [1.29, 1.82) is 0 Å². The summed E-state index contributed by atoms with van der Waals surface area (Å²) in [6.07, 6.45) is 6.95. The Labute approximate surface area is 106 Å². The molecule has 0 bridgehead atoms. The standard InChI is InChI=1S/C14H29NO2/c1-4-6-12(3)16-11-14-8-7-13(17-14)10-15-9-5-2/h12-15H,4-11H2,1-3H3. The van der Waals surface area contributed by atoms with Gasteiger partial charge in [-0.25, -0.2) is 0 Å². The monoisotopic (exact) mass is 243 g/mol. The van der Waals surface area contributed by atoms with Crippen LogP contribution in [-0.4, -0.2) is 38.0 Å². The van der Waals surface area contributed by atoms with E-state index in [2.05, 4.69) is 26.1 Å². The van der Waals surface area contributed by atoms with E-state index < -0.39 is 0 Å². The number of hydrogen-bond acceptors (Lipinski definition) is 3. The Morgan fingerprint density at radius 1 is 1.24 bits per heavy atom. The maximum absolute atomic E-state index is 5.95. The van der Waals surface area contributed by atoms with E-state index in [1.807, 2.05) is 0 Å². The second kappa shape index (κ2) is 8.90. The van der Waals surface area contributed by atoms with Gasteiger partial charge >= 0.3 is 0 Å². The van der Waals surface area contributed by atoms with Gasteiger partial charge in [-0.3, -0.25) is 0 Å². The van der Waals surface area contributed by atoms with E-state index in [1.54, 1.807) is 0 Å². The summed E-state index contributed by atoms with van der Waals surface area (Å²) in [5.41, 5.74) is 0. The summed E-state index contributed by atoms with van der Waals surface area (Å²) < 4.78 is 11.7. The lowest BCUT2D eigenvalue weighted by Gasteiger charge is -2.17. The summed E-state index contributed by atoms with van der Waals surface area (Å²) in [4.78, 5) is 0. The van der Waals surface area contributed by atoms with Gasteiger partial charge in [0.05, 0.1) is 24.9 Å². The number of rotatable bonds is 9. The van der Waals surface area contributed by atoms with Gasteiger partial charge < -0.3 is 14.8 Å². The Balaban J connectivity index is 2.05. The molecule has 0 aliphatic carbocycles. The fourth-order valence-electron chi connectivity index (χ4n) is 2.25. The highest BCUT2D eigenvalue weighted by atomic mass is 16.5. The summed E-state index contributed by atoms with van der Waals surface area (Å²) >= 11 is 0. The average molecular weight is 243 g/mol. The zero-order valence-electron chi connectivity index (χ0n) is 11.7. The number of hydrogen-bond donors (Lipinski definition) is 1. The predicted molar refractivity (Wildman–Crippen MR) is 71.4 cm³/mol. The second-order valence-electron chi connectivity index (χ2n) is 5.09. The maximum atomic E-state index is 5.95. The third-order valence-corrected chi connectivity index (χ3v) is 3.26. The van der Waals surface area contributed by atoms with Crippen LogP contribution in [0.4, 0.5) is 0 Å². The van der Waals surface area contributed by atoms with Crippen LogP contribution in [0, 0.1) is 0 Å². The smallest absolute Gasteiger partial charge is 0.0814 e. The molecule has 1 saturated heterocycles. The first-order chi connectivity index (χ1) is 8.26. The normalized spacial score (nSPS) is 26.3. The molecule has 102 valence electrons. The van der Waals surface area contributed by atoms with Crippen LogP contribution in [0.5, 0.6) is 0 Å². The van der Waals surface area contributed by atoms with Crippen molar-refractivity contribution < 1.29 is 9.47 Å². The largest absolute Gasteiger partial charge is 0.376 e. The number of nitrogens with one attached hydrogen (secondary N) is 1. The molecular weight excluding hydrogens is 214 g/mol. The van der Waals surface area contributed by atoms with Crippen molar-refractivity contribution in [2.75, 3.05) is 19.7 Å². The van der Waals surface area contributed by atoms with Gasteiger partial charge in [0.2, 0.25) is 0 Å². The van der Waals surface area contributed by atoms with Crippen LogP contribution in [0.25, 0.3) is 0 Å². The summed E-state index contributed by atoms with van der Waals surface area (Å²) in [6, 6.07) is 0. The van der Waals surface area contributed by atoms with Crippen LogP contribution >= 0.6 is 0 Å². The van der Waals surface area contributed by atoms with Gasteiger partial charge in [-0.15, -0.1) is 0 Å². The zero-order chi connectivity index (χ0) is 12.5. The minimum atomic E-state index is 0.322. The molecule has 1 N–H and O–H groups in total. The molecule has 3 nitrogen and oxygen atoms in total. The second-order valence-corrected chi connectivity index (χ2v) is 5.09. The zero-order valence-corrected chi connectivity index (χ0v) is 11.7. The molecule has 0 amide bonds. The summed E-state index contributed by atoms with van der Waals surface area (Å²) in [5, 5.41) is 3.42. The summed E-state index contributed by atoms with van der Waals surface area (Å²) in [7, 11) is 0. The Morgan fingerprint density at radius 3 is 2.71 bits per heavy atom. The number of ether oxygens (including phenoxy) is 2. The van der Waals surface area contributed by atoms with Crippen molar-refractivity contribution in [3.8, 4) is 0 Å². The quantitative estimate of drug-likeness (QED) is 0.632. The Bertz CT molecular complexity index is 187. The molecule has 0 aromatic heterocycles. The van der Waals surface area contributed by atoms with Gasteiger partial charge in [0.15, 0.2) is 0 Å². The van der Waals surface area contributed by atoms with E-state index in [-0.39, 0.29) is 0 Å². The Kier molecular flexibility index (Phi) is 7.82. The van der Waals surface area contributed by atoms with Gasteiger partial charge in [0.25, 0.3) is 0 Å². The minimum Gasteiger partial charge on any atom is -0.376 e. The SMILES string of the molecule is CCCNCC1CCC(COC(C)CCC)O1. The fourth-order valence-corrected chi connectivity index (χ4v) is 2.25. The molecule has 1 rings (SSSR count). The van der Waals surface area contributed by atoms with Crippen LogP contribution in [0.1, 0.15) is 52.9 Å². The van der Waals surface area contributed by atoms with Crippen LogP contribution in [0.15, 0.2) is 0 Å². The molecule has 3 atom stereocenters. The molecule has 3 heteroatoms. The maximum Gasteiger partial charge on any atom is 0.0814 e. The Hall–Kier alpha value is -0.120. The molecule has 0 aromatic rings. The summed E-state index contributed by atoms with van der Waals surface area (Å²) in [5.74, 6) is 0. The van der Waals surface area contributed by atoms with Crippen LogP contribution in [0.3, 0.4) is 0 Å².